The Bertz CT molecular complexity index is 293. The van der Waals surface area contributed by atoms with Gasteiger partial charge in [0.2, 0.25) is 11.8 Å². The van der Waals surface area contributed by atoms with E-state index in [1.807, 2.05) is 20.8 Å². The molecule has 0 aromatic carbocycles. The van der Waals surface area contributed by atoms with Gasteiger partial charge in [-0.05, 0) is 24.2 Å². The second kappa shape index (κ2) is 10.1. The van der Waals surface area contributed by atoms with Crippen LogP contribution in [0.3, 0.4) is 0 Å². The lowest BCUT2D eigenvalue weighted by atomic mass is 9.92. The fourth-order valence-corrected chi connectivity index (χ4v) is 2.48. The van der Waals surface area contributed by atoms with Crippen molar-refractivity contribution in [3.63, 3.8) is 0 Å². The van der Waals surface area contributed by atoms with Crippen LogP contribution in [0.2, 0.25) is 0 Å². The molecule has 4 heteroatoms. The molecule has 1 N–H and O–H groups in total. The Morgan fingerprint density at radius 3 is 2.19 bits per heavy atom. The zero-order chi connectivity index (χ0) is 16.5. The van der Waals surface area contributed by atoms with E-state index in [9.17, 15) is 13.6 Å². The van der Waals surface area contributed by atoms with Gasteiger partial charge in [-0.1, -0.05) is 47.5 Å². The van der Waals surface area contributed by atoms with E-state index in [1.54, 1.807) is 6.92 Å². The summed E-state index contributed by atoms with van der Waals surface area (Å²) < 4.78 is 27.0. The molecule has 0 saturated carbocycles. The summed E-state index contributed by atoms with van der Waals surface area (Å²) in [4.78, 5) is 11.5. The Morgan fingerprint density at radius 2 is 1.67 bits per heavy atom. The van der Waals surface area contributed by atoms with Crippen LogP contribution in [0.1, 0.15) is 73.1 Å². The molecule has 0 aromatic rings. The normalized spacial score (nSPS) is 15.0. The zero-order valence-electron chi connectivity index (χ0n) is 14.3. The highest BCUT2D eigenvalue weighted by atomic mass is 19.3. The first-order valence-corrected chi connectivity index (χ1v) is 8.30. The van der Waals surface area contributed by atoms with Crippen molar-refractivity contribution >= 4 is 5.91 Å². The Hall–Kier alpha value is -0.670. The van der Waals surface area contributed by atoms with Crippen LogP contribution in [-0.4, -0.2) is 18.4 Å². The summed E-state index contributed by atoms with van der Waals surface area (Å²) in [6.07, 6.45) is 2.71. The number of halogens is 2. The van der Waals surface area contributed by atoms with E-state index in [0.29, 0.717) is 31.2 Å². The van der Waals surface area contributed by atoms with E-state index in [0.717, 1.165) is 12.8 Å². The molecule has 0 aliphatic heterocycles. The SMILES string of the molecule is CCCC(F)(F)CC(C)CCC(C)CNC(=O)CC(C)C. The fourth-order valence-electron chi connectivity index (χ4n) is 2.48. The topological polar surface area (TPSA) is 29.1 Å². The van der Waals surface area contributed by atoms with Crippen molar-refractivity contribution in [3.8, 4) is 0 Å². The van der Waals surface area contributed by atoms with Gasteiger partial charge in [-0.2, -0.15) is 0 Å². The first kappa shape index (κ1) is 20.3. The minimum atomic E-state index is -2.52. The Labute approximate surface area is 129 Å². The van der Waals surface area contributed by atoms with Gasteiger partial charge in [-0.15, -0.1) is 0 Å². The molecular weight excluding hydrogens is 272 g/mol. The molecule has 0 radical (unpaired) electrons. The minimum Gasteiger partial charge on any atom is -0.356 e. The molecule has 0 saturated heterocycles. The van der Waals surface area contributed by atoms with E-state index in [2.05, 4.69) is 12.2 Å². The molecule has 0 bridgehead atoms. The van der Waals surface area contributed by atoms with Gasteiger partial charge in [-0.25, -0.2) is 8.78 Å². The standard InChI is InChI=1S/C17H33F2NO/c1-6-9-17(18,19)11-14(4)7-8-15(5)12-20-16(21)10-13(2)3/h13-15H,6-12H2,1-5H3,(H,20,21). The average Bonchev–Trinajstić information content (AvgIpc) is 2.32. The molecular formula is C17H33F2NO. The van der Waals surface area contributed by atoms with Crippen LogP contribution >= 0.6 is 0 Å². The predicted octanol–water partition coefficient (Wildman–Crippen LogP) is 5.03. The van der Waals surface area contributed by atoms with Gasteiger partial charge in [-0.3, -0.25) is 4.79 Å². The number of hydrogen-bond donors (Lipinski definition) is 1. The van der Waals surface area contributed by atoms with Gasteiger partial charge in [0.1, 0.15) is 0 Å². The summed E-state index contributed by atoms with van der Waals surface area (Å²) in [5, 5.41) is 2.92. The van der Waals surface area contributed by atoms with Crippen molar-refractivity contribution in [3.05, 3.63) is 0 Å². The lowest BCUT2D eigenvalue weighted by Crippen LogP contribution is -2.29. The molecule has 0 aliphatic carbocycles. The fraction of sp³-hybridized carbons (Fsp3) is 0.941. The summed E-state index contributed by atoms with van der Waals surface area (Å²) in [6, 6.07) is 0. The lowest BCUT2D eigenvalue weighted by molar-refractivity contribution is -0.121. The number of carbonyl (C=O) groups excluding carboxylic acids is 1. The Morgan fingerprint density at radius 1 is 1.10 bits per heavy atom. The minimum absolute atomic E-state index is 0.0157. The molecule has 0 rings (SSSR count). The summed E-state index contributed by atoms with van der Waals surface area (Å²) >= 11 is 0. The third-order valence-electron chi connectivity index (χ3n) is 3.66. The highest BCUT2D eigenvalue weighted by Crippen LogP contribution is 2.30. The van der Waals surface area contributed by atoms with E-state index in [-0.39, 0.29) is 24.7 Å². The van der Waals surface area contributed by atoms with E-state index in [4.69, 9.17) is 0 Å². The third kappa shape index (κ3) is 11.6. The molecule has 0 heterocycles. The quantitative estimate of drug-likeness (QED) is 0.570. The van der Waals surface area contributed by atoms with Crippen LogP contribution in [0.4, 0.5) is 8.78 Å². The number of alkyl halides is 2. The highest BCUT2D eigenvalue weighted by Gasteiger charge is 2.29. The predicted molar refractivity (Wildman–Crippen MR) is 84.5 cm³/mol. The largest absolute Gasteiger partial charge is 0.356 e. The number of amides is 1. The number of rotatable bonds is 11. The Balaban J connectivity index is 3.87. The monoisotopic (exact) mass is 305 g/mol. The van der Waals surface area contributed by atoms with Crippen molar-refractivity contribution in [1.29, 1.82) is 0 Å². The van der Waals surface area contributed by atoms with Crippen LogP contribution in [0.25, 0.3) is 0 Å². The maximum absolute atomic E-state index is 13.5. The van der Waals surface area contributed by atoms with Crippen LogP contribution in [0.5, 0.6) is 0 Å². The van der Waals surface area contributed by atoms with Crippen molar-refractivity contribution in [2.45, 2.75) is 79.1 Å². The second-order valence-corrected chi connectivity index (χ2v) is 7.00. The van der Waals surface area contributed by atoms with Crippen molar-refractivity contribution in [2.75, 3.05) is 6.54 Å². The zero-order valence-corrected chi connectivity index (χ0v) is 14.3. The van der Waals surface area contributed by atoms with Crippen molar-refractivity contribution in [2.24, 2.45) is 17.8 Å². The highest BCUT2D eigenvalue weighted by molar-refractivity contribution is 5.75. The van der Waals surface area contributed by atoms with E-state index >= 15 is 0 Å². The molecule has 0 aliphatic rings. The van der Waals surface area contributed by atoms with Gasteiger partial charge < -0.3 is 5.32 Å². The second-order valence-electron chi connectivity index (χ2n) is 7.00. The van der Waals surface area contributed by atoms with Gasteiger partial charge in [0.05, 0.1) is 0 Å². The first-order valence-electron chi connectivity index (χ1n) is 8.30. The van der Waals surface area contributed by atoms with Gasteiger partial charge in [0, 0.05) is 25.8 Å². The molecule has 0 fully saturated rings. The number of nitrogens with one attached hydrogen (secondary N) is 1. The maximum atomic E-state index is 13.5. The maximum Gasteiger partial charge on any atom is 0.248 e. The van der Waals surface area contributed by atoms with Crippen LogP contribution < -0.4 is 5.32 Å². The van der Waals surface area contributed by atoms with Crippen LogP contribution in [0.15, 0.2) is 0 Å². The molecule has 0 spiro atoms. The van der Waals surface area contributed by atoms with Crippen LogP contribution in [0, 0.1) is 17.8 Å². The summed E-state index contributed by atoms with van der Waals surface area (Å²) in [7, 11) is 0. The molecule has 126 valence electrons. The summed E-state index contributed by atoms with van der Waals surface area (Å²) in [5.41, 5.74) is 0. The van der Waals surface area contributed by atoms with Gasteiger partial charge >= 0.3 is 0 Å². The molecule has 2 nitrogen and oxygen atoms in total. The molecule has 2 unspecified atom stereocenters. The summed E-state index contributed by atoms with van der Waals surface area (Å²) in [6.45, 7) is 10.4. The van der Waals surface area contributed by atoms with Crippen LogP contribution in [-0.2, 0) is 4.79 Å². The first-order chi connectivity index (χ1) is 9.66. The average molecular weight is 305 g/mol. The van der Waals surface area contributed by atoms with E-state index < -0.39 is 5.92 Å². The Kier molecular flexibility index (Phi) is 9.80. The molecule has 1 amide bonds. The van der Waals surface area contributed by atoms with E-state index in [1.165, 1.54) is 0 Å². The number of carbonyl (C=O) groups is 1. The molecule has 0 aromatic heterocycles. The number of hydrogen-bond acceptors (Lipinski definition) is 1. The molecule has 2 atom stereocenters. The third-order valence-corrected chi connectivity index (χ3v) is 3.66. The molecule has 21 heavy (non-hydrogen) atoms. The van der Waals surface area contributed by atoms with Crippen molar-refractivity contribution < 1.29 is 13.6 Å². The smallest absolute Gasteiger partial charge is 0.248 e. The van der Waals surface area contributed by atoms with Gasteiger partial charge in [0.15, 0.2) is 0 Å². The van der Waals surface area contributed by atoms with Gasteiger partial charge in [0.25, 0.3) is 0 Å². The summed E-state index contributed by atoms with van der Waals surface area (Å²) in [5.74, 6) is -1.72. The van der Waals surface area contributed by atoms with Crippen molar-refractivity contribution in [1.82, 2.24) is 5.32 Å². The lowest BCUT2D eigenvalue weighted by Gasteiger charge is -2.21.